The van der Waals surface area contributed by atoms with Crippen molar-refractivity contribution in [2.45, 2.75) is 23.8 Å². The number of hydrogen-bond donors (Lipinski definition) is 1. The monoisotopic (exact) mass is 496 g/mol. The normalized spacial score (nSPS) is 17.7. The third-order valence-electron chi connectivity index (χ3n) is 6.80. The Morgan fingerprint density at radius 2 is 1.94 bits per heavy atom. The lowest BCUT2D eigenvalue weighted by Gasteiger charge is -2.28. The summed E-state index contributed by atoms with van der Waals surface area (Å²) in [6, 6.07) is 7.05. The first-order valence-corrected chi connectivity index (χ1v) is 12.9. The second-order valence-electron chi connectivity index (χ2n) is 9.13. The van der Waals surface area contributed by atoms with Crippen molar-refractivity contribution < 1.29 is 27.1 Å². The van der Waals surface area contributed by atoms with Crippen molar-refractivity contribution in [2.75, 3.05) is 18.7 Å². The zero-order valence-electron chi connectivity index (χ0n) is 19.1. The molecule has 0 radical (unpaired) electrons. The molecule has 1 N–H and O–H groups in total. The van der Waals surface area contributed by atoms with Gasteiger partial charge in [0, 0.05) is 18.7 Å². The van der Waals surface area contributed by atoms with Gasteiger partial charge in [-0.3, -0.25) is 4.79 Å². The maximum absolute atomic E-state index is 15.1. The van der Waals surface area contributed by atoms with Crippen molar-refractivity contribution in [2.24, 2.45) is 13.0 Å². The summed E-state index contributed by atoms with van der Waals surface area (Å²) in [5.41, 5.74) is 1.92. The number of sulfone groups is 1. The van der Waals surface area contributed by atoms with Crippen LogP contribution in [0.3, 0.4) is 0 Å². The van der Waals surface area contributed by atoms with Crippen molar-refractivity contribution in [3.05, 3.63) is 41.7 Å². The molecule has 0 bridgehead atoms. The number of rotatable bonds is 4. The first-order valence-electron chi connectivity index (χ1n) is 11.0. The van der Waals surface area contributed by atoms with Crippen LogP contribution in [0.25, 0.3) is 33.5 Å². The van der Waals surface area contributed by atoms with Crippen LogP contribution in [-0.2, 0) is 26.4 Å². The number of nitrogens with zero attached hydrogens (tertiary/aromatic N) is 3. The van der Waals surface area contributed by atoms with Crippen LogP contribution >= 0.6 is 0 Å². The van der Waals surface area contributed by atoms with Gasteiger partial charge in [-0.05, 0) is 43.0 Å². The number of hydrogen-bond acceptors (Lipinski definition) is 6. The van der Waals surface area contributed by atoms with E-state index >= 15 is 4.39 Å². The number of benzene rings is 2. The summed E-state index contributed by atoms with van der Waals surface area (Å²) in [6.45, 7) is 0. The van der Waals surface area contributed by atoms with Crippen molar-refractivity contribution in [3.63, 3.8) is 0 Å². The van der Waals surface area contributed by atoms with Crippen LogP contribution in [0.1, 0.15) is 29.2 Å². The molecule has 11 heteroatoms. The zero-order valence-corrected chi connectivity index (χ0v) is 19.9. The number of aryl methyl sites for hydroxylation is 1. The van der Waals surface area contributed by atoms with Gasteiger partial charge in [0.15, 0.2) is 15.7 Å². The van der Waals surface area contributed by atoms with E-state index in [0.29, 0.717) is 17.0 Å². The van der Waals surface area contributed by atoms with Crippen LogP contribution in [0.4, 0.5) is 10.1 Å². The topological polar surface area (TPSA) is 112 Å². The van der Waals surface area contributed by atoms with E-state index in [-0.39, 0.29) is 39.0 Å². The Bertz CT molecular complexity index is 1720. The number of ether oxygens (including phenoxy) is 1. The summed E-state index contributed by atoms with van der Waals surface area (Å²) in [4.78, 5) is 29.9. The molecule has 180 valence electrons. The molecule has 9 nitrogen and oxygen atoms in total. The molecular weight excluding hydrogens is 475 g/mol. The van der Waals surface area contributed by atoms with Gasteiger partial charge in [0.1, 0.15) is 17.4 Å². The van der Waals surface area contributed by atoms with E-state index in [2.05, 4.69) is 10.3 Å². The second-order valence-corrected chi connectivity index (χ2v) is 11.1. The number of fused-ring (bicyclic) bond motifs is 1. The molecule has 1 aliphatic carbocycles. The Balaban J connectivity index is 1.68. The predicted octanol–water partition coefficient (Wildman–Crippen LogP) is 3.43. The van der Waals surface area contributed by atoms with Crippen LogP contribution in [0.15, 0.2) is 35.2 Å². The van der Waals surface area contributed by atoms with Crippen molar-refractivity contribution >= 4 is 49.3 Å². The molecule has 2 aromatic heterocycles. The van der Waals surface area contributed by atoms with E-state index in [9.17, 15) is 18.0 Å². The van der Waals surface area contributed by atoms with Gasteiger partial charge in [0.25, 0.3) is 0 Å². The van der Waals surface area contributed by atoms with Gasteiger partial charge in [-0.2, -0.15) is 0 Å². The molecule has 1 unspecified atom stereocenters. The lowest BCUT2D eigenvalue weighted by molar-refractivity contribution is -0.119. The van der Waals surface area contributed by atoms with E-state index in [0.717, 1.165) is 30.6 Å². The van der Waals surface area contributed by atoms with E-state index < -0.39 is 27.7 Å². The van der Waals surface area contributed by atoms with Gasteiger partial charge in [0.05, 0.1) is 40.0 Å². The van der Waals surface area contributed by atoms with E-state index in [1.807, 2.05) is 10.6 Å². The highest BCUT2D eigenvalue weighted by Crippen LogP contribution is 2.49. The fourth-order valence-electron chi connectivity index (χ4n) is 5.11. The fourth-order valence-corrected chi connectivity index (χ4v) is 5.94. The maximum atomic E-state index is 15.1. The quantitative estimate of drug-likeness (QED) is 0.433. The van der Waals surface area contributed by atoms with Crippen molar-refractivity contribution in [3.8, 4) is 11.5 Å². The zero-order chi connectivity index (χ0) is 24.8. The molecule has 1 amide bonds. The molecule has 2 aliphatic rings. The summed E-state index contributed by atoms with van der Waals surface area (Å²) < 4.78 is 48.1. The Morgan fingerprint density at radius 1 is 1.20 bits per heavy atom. The molecule has 6 rings (SSSR count). The van der Waals surface area contributed by atoms with Crippen LogP contribution in [0.2, 0.25) is 0 Å². The van der Waals surface area contributed by atoms with Gasteiger partial charge in [-0.1, -0.05) is 6.07 Å². The molecule has 0 saturated heterocycles. The predicted molar refractivity (Wildman–Crippen MR) is 126 cm³/mol. The number of amides is 1. The number of imidazole rings is 1. The van der Waals surface area contributed by atoms with Crippen molar-refractivity contribution in [1.29, 1.82) is 0 Å². The molecule has 4 aromatic rings. The first-order chi connectivity index (χ1) is 16.6. The number of carbonyl (C=O) groups excluding carboxylic acids is 2. The standard InChI is InChI=1S/C24H21FN4O5S/c1-28-21-14(25)8-13(24(31)34-2)9-15(21)26-22(28)16-10-12-6-7-17(35(3,32)33)18-19(12)29(16)20(11-4-5-11)23(30)27-18/h6-11,20H,4-5H2,1-3H3,(H,27,30). The minimum atomic E-state index is -3.61. The molecule has 1 fully saturated rings. The van der Waals surface area contributed by atoms with Crippen LogP contribution < -0.4 is 5.32 Å². The number of nitrogens with one attached hydrogen (secondary N) is 1. The average Bonchev–Trinajstić information content (AvgIpc) is 3.48. The number of anilines is 1. The Kier molecular flexibility index (Phi) is 4.44. The highest BCUT2D eigenvalue weighted by molar-refractivity contribution is 7.90. The van der Waals surface area contributed by atoms with Gasteiger partial charge in [0.2, 0.25) is 5.91 Å². The molecule has 3 heterocycles. The number of esters is 1. The third-order valence-corrected chi connectivity index (χ3v) is 7.94. The SMILES string of the molecule is COC(=O)c1cc(F)c2c(c1)nc(-c1cc3ccc(S(C)(=O)=O)c4c3n1C(C1CC1)C(=O)N4)n2C. The minimum Gasteiger partial charge on any atom is -0.465 e. The molecule has 1 atom stereocenters. The lowest BCUT2D eigenvalue weighted by atomic mass is 10.1. The number of halogens is 1. The molecule has 0 spiro atoms. The summed E-state index contributed by atoms with van der Waals surface area (Å²) >= 11 is 0. The number of methoxy groups -OCH3 is 1. The average molecular weight is 497 g/mol. The fraction of sp³-hybridized carbons (Fsp3) is 0.292. The Labute approximate surface area is 199 Å². The lowest BCUT2D eigenvalue weighted by Crippen LogP contribution is -2.33. The molecule has 1 aliphatic heterocycles. The molecule has 1 saturated carbocycles. The minimum absolute atomic E-state index is 0.0391. The second kappa shape index (κ2) is 7.14. The van der Waals surface area contributed by atoms with E-state index in [1.165, 1.54) is 19.2 Å². The maximum Gasteiger partial charge on any atom is 0.338 e. The Morgan fingerprint density at radius 3 is 2.60 bits per heavy atom. The highest BCUT2D eigenvalue weighted by Gasteiger charge is 2.43. The summed E-state index contributed by atoms with van der Waals surface area (Å²) in [7, 11) is -0.733. The van der Waals surface area contributed by atoms with Gasteiger partial charge >= 0.3 is 5.97 Å². The molecular formula is C24H21FN4O5S. The third kappa shape index (κ3) is 3.10. The number of carbonyl (C=O) groups is 2. The van der Waals surface area contributed by atoms with Crippen LogP contribution in [0.5, 0.6) is 0 Å². The van der Waals surface area contributed by atoms with Crippen LogP contribution in [-0.4, -0.2) is 47.8 Å². The van der Waals surface area contributed by atoms with Crippen LogP contribution in [0, 0.1) is 11.7 Å². The van der Waals surface area contributed by atoms with E-state index in [4.69, 9.17) is 4.74 Å². The molecule has 35 heavy (non-hydrogen) atoms. The largest absolute Gasteiger partial charge is 0.465 e. The highest BCUT2D eigenvalue weighted by atomic mass is 32.2. The van der Waals surface area contributed by atoms with Gasteiger partial charge in [-0.25, -0.2) is 22.6 Å². The van der Waals surface area contributed by atoms with E-state index in [1.54, 1.807) is 17.7 Å². The smallest absolute Gasteiger partial charge is 0.338 e. The first kappa shape index (κ1) is 21.8. The Hall–Kier alpha value is -3.73. The summed E-state index contributed by atoms with van der Waals surface area (Å²) in [5.74, 6) is -1.09. The van der Waals surface area contributed by atoms with Gasteiger partial charge in [-0.15, -0.1) is 0 Å². The van der Waals surface area contributed by atoms with Crippen molar-refractivity contribution in [1.82, 2.24) is 14.1 Å². The summed E-state index contributed by atoms with van der Waals surface area (Å²) in [5, 5.41) is 3.57. The van der Waals surface area contributed by atoms with Gasteiger partial charge < -0.3 is 19.2 Å². The summed E-state index contributed by atoms with van der Waals surface area (Å²) in [6.07, 6.45) is 2.85. The number of aromatic nitrogens is 3. The molecule has 2 aromatic carbocycles.